The molecule has 1 aromatic rings. The molecule has 170 valence electrons. The largest absolute Gasteiger partial charge is 0.497 e. The average Bonchev–Trinajstić information content (AvgIpc) is 2.61. The number of nitrogens with one attached hydrogen (secondary N) is 2. The van der Waals surface area contributed by atoms with Crippen LogP contribution in [0.5, 0.6) is 5.75 Å². The number of aliphatic imine (C=N–C) groups is 1. The maximum Gasteiger partial charge on any atom is 0.410 e. The Kier molecular flexibility index (Phi) is 10.2. The first-order valence-corrected chi connectivity index (χ1v) is 9.88. The first-order chi connectivity index (χ1) is 13.6. The van der Waals surface area contributed by atoms with Crippen LogP contribution in [0.1, 0.15) is 32.4 Å². The topological polar surface area (TPSA) is 78.4 Å². The number of benzene rings is 1. The van der Waals surface area contributed by atoms with Crippen molar-refractivity contribution >= 4 is 36.0 Å². The van der Waals surface area contributed by atoms with E-state index in [0.717, 1.165) is 11.7 Å². The van der Waals surface area contributed by atoms with Crippen LogP contribution in [-0.4, -0.2) is 81.4 Å². The van der Waals surface area contributed by atoms with Crippen molar-refractivity contribution in [1.82, 2.24) is 20.4 Å². The molecule has 0 aliphatic carbocycles. The number of ether oxygens (including phenoxy) is 2. The Hall–Kier alpha value is -1.75. The van der Waals surface area contributed by atoms with E-state index in [2.05, 4.69) is 46.8 Å². The van der Waals surface area contributed by atoms with Crippen molar-refractivity contribution in [2.45, 2.75) is 38.5 Å². The Labute approximate surface area is 197 Å². The molecule has 1 aliphatic heterocycles. The summed E-state index contributed by atoms with van der Waals surface area (Å²) in [5.41, 5.74) is 0.717. The maximum atomic E-state index is 12.1. The lowest BCUT2D eigenvalue weighted by molar-refractivity contribution is 0.00700. The van der Waals surface area contributed by atoms with Crippen molar-refractivity contribution in [2.75, 3.05) is 47.9 Å². The number of hydrogen-bond acceptors (Lipinski definition) is 5. The number of hydrogen-bond donors (Lipinski definition) is 2. The smallest absolute Gasteiger partial charge is 0.410 e. The Morgan fingerprint density at radius 2 is 1.87 bits per heavy atom. The molecule has 1 aliphatic rings. The van der Waals surface area contributed by atoms with Gasteiger partial charge < -0.3 is 29.9 Å². The van der Waals surface area contributed by atoms with Crippen LogP contribution in [0.25, 0.3) is 0 Å². The van der Waals surface area contributed by atoms with Crippen molar-refractivity contribution in [1.29, 1.82) is 0 Å². The molecule has 1 aromatic carbocycles. The van der Waals surface area contributed by atoms with E-state index in [0.29, 0.717) is 19.6 Å². The van der Waals surface area contributed by atoms with Crippen molar-refractivity contribution in [3.63, 3.8) is 0 Å². The normalized spacial score (nSPS) is 15.7. The average molecular weight is 533 g/mol. The summed E-state index contributed by atoms with van der Waals surface area (Å²) < 4.78 is 10.6. The zero-order chi connectivity index (χ0) is 21.6. The quantitative estimate of drug-likeness (QED) is 0.333. The highest BCUT2D eigenvalue weighted by Gasteiger charge is 2.34. The summed E-state index contributed by atoms with van der Waals surface area (Å²) >= 11 is 0. The van der Waals surface area contributed by atoms with E-state index in [4.69, 9.17) is 9.47 Å². The van der Waals surface area contributed by atoms with Crippen LogP contribution < -0.4 is 15.4 Å². The molecular formula is C21H36IN5O3. The number of rotatable bonds is 6. The summed E-state index contributed by atoms with van der Waals surface area (Å²) in [4.78, 5) is 20.2. The van der Waals surface area contributed by atoms with Crippen LogP contribution >= 0.6 is 24.0 Å². The minimum absolute atomic E-state index is 0. The third-order valence-corrected chi connectivity index (χ3v) is 4.68. The number of guanidine groups is 1. The van der Waals surface area contributed by atoms with Crippen molar-refractivity contribution < 1.29 is 14.3 Å². The van der Waals surface area contributed by atoms with Crippen molar-refractivity contribution in [3.8, 4) is 5.75 Å². The van der Waals surface area contributed by atoms with Gasteiger partial charge in [-0.3, -0.25) is 4.99 Å². The number of carbonyl (C=O) groups excluding carboxylic acids is 1. The number of methoxy groups -OCH3 is 1. The SMILES string of the molecule is CN=C(NCC(c1ccc(OC)cc1)N(C)C)NC1CN(C(=O)OC(C)(C)C)C1.I. The molecule has 0 saturated carbocycles. The Balaban J connectivity index is 0.00000450. The fourth-order valence-electron chi connectivity index (χ4n) is 3.05. The number of likely N-dealkylation sites (tertiary alicyclic amines) is 1. The maximum absolute atomic E-state index is 12.1. The van der Waals surface area contributed by atoms with Crippen LogP contribution in [0, 0.1) is 0 Å². The van der Waals surface area contributed by atoms with E-state index in [1.807, 2.05) is 32.9 Å². The minimum Gasteiger partial charge on any atom is -0.497 e. The molecule has 1 saturated heterocycles. The monoisotopic (exact) mass is 533 g/mol. The highest BCUT2D eigenvalue weighted by atomic mass is 127. The van der Waals surface area contributed by atoms with Gasteiger partial charge in [0.05, 0.1) is 19.2 Å². The number of nitrogens with zero attached hydrogens (tertiary/aromatic N) is 3. The standard InChI is InChI=1S/C21H35N5O3.HI/c1-21(2,3)29-20(27)26-13-16(14-26)24-19(22-4)23-12-18(25(5)6)15-8-10-17(28-7)11-9-15;/h8-11,16,18H,12-14H2,1-7H3,(H2,22,23,24);1H. The van der Waals surface area contributed by atoms with Crippen LogP contribution in [-0.2, 0) is 4.74 Å². The third kappa shape index (κ3) is 7.82. The number of amides is 1. The first-order valence-electron chi connectivity index (χ1n) is 9.88. The fourth-order valence-corrected chi connectivity index (χ4v) is 3.05. The second-order valence-electron chi connectivity index (χ2n) is 8.43. The van der Waals surface area contributed by atoms with Gasteiger partial charge >= 0.3 is 6.09 Å². The molecule has 2 N–H and O–H groups in total. The molecule has 0 radical (unpaired) electrons. The molecule has 30 heavy (non-hydrogen) atoms. The third-order valence-electron chi connectivity index (χ3n) is 4.68. The lowest BCUT2D eigenvalue weighted by Crippen LogP contribution is -2.63. The summed E-state index contributed by atoms with van der Waals surface area (Å²) in [6.07, 6.45) is -0.273. The fraction of sp³-hybridized carbons (Fsp3) is 0.619. The van der Waals surface area contributed by atoms with Gasteiger partial charge in [0.2, 0.25) is 0 Å². The van der Waals surface area contributed by atoms with E-state index in [1.165, 1.54) is 5.56 Å². The predicted molar refractivity (Wildman–Crippen MR) is 131 cm³/mol. The van der Waals surface area contributed by atoms with Gasteiger partial charge in [0.25, 0.3) is 0 Å². The second-order valence-corrected chi connectivity index (χ2v) is 8.43. The van der Waals surface area contributed by atoms with Gasteiger partial charge in [0.15, 0.2) is 5.96 Å². The lowest BCUT2D eigenvalue weighted by Gasteiger charge is -2.40. The van der Waals surface area contributed by atoms with E-state index in [9.17, 15) is 4.79 Å². The molecule has 1 fully saturated rings. The number of carbonyl (C=O) groups is 1. The van der Waals surface area contributed by atoms with Crippen LogP contribution in [0.3, 0.4) is 0 Å². The molecule has 1 heterocycles. The molecule has 1 amide bonds. The molecule has 1 atom stereocenters. The Bertz CT molecular complexity index is 698. The van der Waals surface area contributed by atoms with Crippen molar-refractivity contribution in [3.05, 3.63) is 29.8 Å². The summed E-state index contributed by atoms with van der Waals surface area (Å²) in [5, 5.41) is 6.76. The van der Waals surface area contributed by atoms with E-state index in [1.54, 1.807) is 19.1 Å². The molecule has 8 nitrogen and oxygen atoms in total. The van der Waals surface area contributed by atoms with Gasteiger partial charge in [-0.2, -0.15) is 0 Å². The summed E-state index contributed by atoms with van der Waals surface area (Å²) in [6, 6.07) is 8.43. The van der Waals surface area contributed by atoms with Crippen LogP contribution in [0.4, 0.5) is 4.79 Å². The van der Waals surface area contributed by atoms with Gasteiger partial charge in [0, 0.05) is 26.7 Å². The molecular weight excluding hydrogens is 497 g/mol. The van der Waals surface area contributed by atoms with Gasteiger partial charge in [-0.05, 0) is 52.6 Å². The zero-order valence-corrected chi connectivity index (χ0v) is 21.4. The predicted octanol–water partition coefficient (Wildman–Crippen LogP) is 2.70. The van der Waals surface area contributed by atoms with Crippen LogP contribution in [0.15, 0.2) is 29.3 Å². The summed E-state index contributed by atoms with van der Waals surface area (Å²) in [5.74, 6) is 1.57. The highest BCUT2D eigenvalue weighted by molar-refractivity contribution is 14.0. The molecule has 9 heteroatoms. The zero-order valence-electron chi connectivity index (χ0n) is 19.1. The minimum atomic E-state index is -0.476. The van der Waals surface area contributed by atoms with Gasteiger partial charge in [-0.25, -0.2) is 4.79 Å². The van der Waals surface area contributed by atoms with Crippen molar-refractivity contribution in [2.24, 2.45) is 4.99 Å². The first kappa shape index (κ1) is 26.3. The van der Waals surface area contributed by atoms with E-state index < -0.39 is 5.60 Å². The molecule has 0 aromatic heterocycles. The number of halogens is 1. The van der Waals surface area contributed by atoms with Crippen LogP contribution in [0.2, 0.25) is 0 Å². The molecule has 1 unspecified atom stereocenters. The van der Waals surface area contributed by atoms with Gasteiger partial charge in [-0.15, -0.1) is 24.0 Å². The molecule has 0 spiro atoms. The lowest BCUT2D eigenvalue weighted by atomic mass is 10.1. The number of likely N-dealkylation sites (N-methyl/N-ethyl adjacent to an activating group) is 1. The summed E-state index contributed by atoms with van der Waals surface area (Å²) in [7, 11) is 7.52. The molecule has 0 bridgehead atoms. The molecule has 2 rings (SSSR count). The summed E-state index contributed by atoms with van der Waals surface area (Å²) in [6.45, 7) is 7.51. The van der Waals surface area contributed by atoms with E-state index in [-0.39, 0.29) is 42.2 Å². The Morgan fingerprint density at radius 3 is 2.33 bits per heavy atom. The van der Waals surface area contributed by atoms with Gasteiger partial charge in [-0.1, -0.05) is 12.1 Å². The van der Waals surface area contributed by atoms with Gasteiger partial charge in [0.1, 0.15) is 11.4 Å². The van der Waals surface area contributed by atoms with E-state index >= 15 is 0 Å². The Morgan fingerprint density at radius 1 is 1.27 bits per heavy atom. The highest BCUT2D eigenvalue weighted by Crippen LogP contribution is 2.21. The second kappa shape index (κ2) is 11.6.